The van der Waals surface area contributed by atoms with Crippen molar-refractivity contribution < 1.29 is 4.79 Å². The number of hydrogen-bond acceptors (Lipinski definition) is 4. The van der Waals surface area contributed by atoms with E-state index in [1.54, 1.807) is 11.7 Å². The van der Waals surface area contributed by atoms with Crippen molar-refractivity contribution in [3.63, 3.8) is 0 Å². The standard InChI is InChI=1S/C22H37N7O2/c1-23-21(24-12-7-14-29-22(31)28-13-6-5-10-19(28)26-29)25-18-11-15-27(16-18)20(30)17-8-3-2-4-9-17/h17-18H,2-16H2,1H3,(H2,23,24,25). The monoisotopic (exact) mass is 431 g/mol. The summed E-state index contributed by atoms with van der Waals surface area (Å²) in [6.45, 7) is 3.70. The van der Waals surface area contributed by atoms with E-state index in [9.17, 15) is 9.59 Å². The maximum atomic E-state index is 12.8. The van der Waals surface area contributed by atoms with Crippen LogP contribution in [0, 0.1) is 5.92 Å². The number of aromatic nitrogens is 3. The van der Waals surface area contributed by atoms with Crippen LogP contribution in [0.15, 0.2) is 9.79 Å². The predicted octanol–water partition coefficient (Wildman–Crippen LogP) is 1.12. The molecular weight excluding hydrogens is 394 g/mol. The molecule has 3 aliphatic rings. The fourth-order valence-corrected chi connectivity index (χ4v) is 5.10. The van der Waals surface area contributed by atoms with Crippen molar-refractivity contribution >= 4 is 11.9 Å². The molecule has 1 saturated carbocycles. The Hall–Kier alpha value is -2.32. The first-order chi connectivity index (χ1) is 15.2. The highest BCUT2D eigenvalue weighted by Gasteiger charge is 2.31. The average Bonchev–Trinajstić information content (AvgIpc) is 3.40. The highest BCUT2D eigenvalue weighted by Crippen LogP contribution is 2.26. The summed E-state index contributed by atoms with van der Waals surface area (Å²) in [6, 6.07) is 0.237. The van der Waals surface area contributed by atoms with E-state index in [0.717, 1.165) is 76.4 Å². The van der Waals surface area contributed by atoms with Gasteiger partial charge in [-0.05, 0) is 38.5 Å². The number of carbonyl (C=O) groups is 1. The van der Waals surface area contributed by atoms with Crippen LogP contribution in [0.2, 0.25) is 0 Å². The minimum Gasteiger partial charge on any atom is -0.356 e. The van der Waals surface area contributed by atoms with Gasteiger partial charge in [0.15, 0.2) is 5.96 Å². The number of guanidine groups is 1. The fraction of sp³-hybridized carbons (Fsp3) is 0.818. The molecule has 0 spiro atoms. The second kappa shape index (κ2) is 10.3. The highest BCUT2D eigenvalue weighted by atomic mass is 16.2. The Bertz CT molecular complexity index is 837. The number of fused-ring (bicyclic) bond motifs is 1. The molecule has 1 saturated heterocycles. The average molecular weight is 432 g/mol. The highest BCUT2D eigenvalue weighted by molar-refractivity contribution is 5.81. The molecule has 1 aliphatic carbocycles. The van der Waals surface area contributed by atoms with Gasteiger partial charge >= 0.3 is 5.69 Å². The smallest absolute Gasteiger partial charge is 0.345 e. The summed E-state index contributed by atoms with van der Waals surface area (Å²) in [5.41, 5.74) is 0.0193. The van der Waals surface area contributed by atoms with Crippen molar-refractivity contribution in [1.82, 2.24) is 29.9 Å². The van der Waals surface area contributed by atoms with Gasteiger partial charge < -0.3 is 15.5 Å². The van der Waals surface area contributed by atoms with Crippen LogP contribution in [0.4, 0.5) is 0 Å². The van der Waals surface area contributed by atoms with Gasteiger partial charge in [0.2, 0.25) is 5.91 Å². The number of hydrogen-bond donors (Lipinski definition) is 2. The van der Waals surface area contributed by atoms with Crippen molar-refractivity contribution in [2.75, 3.05) is 26.7 Å². The normalized spacial score (nSPS) is 22.4. The minimum atomic E-state index is 0.0193. The molecule has 31 heavy (non-hydrogen) atoms. The summed E-state index contributed by atoms with van der Waals surface area (Å²) < 4.78 is 3.42. The van der Waals surface area contributed by atoms with Gasteiger partial charge in [-0.2, -0.15) is 5.10 Å². The molecule has 1 unspecified atom stereocenters. The summed E-state index contributed by atoms with van der Waals surface area (Å²) >= 11 is 0. The van der Waals surface area contributed by atoms with Gasteiger partial charge in [-0.25, -0.2) is 9.48 Å². The second-order valence-corrected chi connectivity index (χ2v) is 9.13. The molecule has 2 fully saturated rings. The third kappa shape index (κ3) is 5.30. The molecular formula is C22H37N7O2. The van der Waals surface area contributed by atoms with Crippen LogP contribution < -0.4 is 16.3 Å². The third-order valence-electron chi connectivity index (χ3n) is 6.89. The van der Waals surface area contributed by atoms with E-state index in [1.807, 2.05) is 9.47 Å². The van der Waals surface area contributed by atoms with Gasteiger partial charge in [0, 0.05) is 58.2 Å². The first kappa shape index (κ1) is 21.9. The molecule has 172 valence electrons. The Balaban J connectivity index is 1.19. The first-order valence-electron chi connectivity index (χ1n) is 12.1. The lowest BCUT2D eigenvalue weighted by molar-refractivity contribution is -0.135. The molecule has 1 amide bonds. The maximum absolute atomic E-state index is 12.8. The number of nitrogens with one attached hydrogen (secondary N) is 2. The molecule has 1 aromatic heterocycles. The number of aryl methyl sites for hydroxylation is 2. The lowest BCUT2D eigenvalue weighted by atomic mass is 9.88. The van der Waals surface area contributed by atoms with Crippen LogP contribution in [0.25, 0.3) is 0 Å². The Morgan fingerprint density at radius 2 is 1.97 bits per heavy atom. The van der Waals surface area contributed by atoms with Crippen molar-refractivity contribution in [2.24, 2.45) is 10.9 Å². The minimum absolute atomic E-state index is 0.0193. The van der Waals surface area contributed by atoms with Crippen LogP contribution in [-0.2, 0) is 24.3 Å². The lowest BCUT2D eigenvalue weighted by Crippen LogP contribution is -2.46. The number of amides is 1. The fourth-order valence-electron chi connectivity index (χ4n) is 5.10. The second-order valence-electron chi connectivity index (χ2n) is 9.13. The summed E-state index contributed by atoms with van der Waals surface area (Å²) in [5, 5.41) is 11.3. The van der Waals surface area contributed by atoms with Crippen LogP contribution >= 0.6 is 0 Å². The van der Waals surface area contributed by atoms with Crippen LogP contribution in [0.5, 0.6) is 0 Å². The van der Waals surface area contributed by atoms with E-state index >= 15 is 0 Å². The summed E-state index contributed by atoms with van der Waals surface area (Å²) in [4.78, 5) is 31.5. The molecule has 9 nitrogen and oxygen atoms in total. The van der Waals surface area contributed by atoms with E-state index in [-0.39, 0.29) is 17.6 Å². The molecule has 9 heteroatoms. The van der Waals surface area contributed by atoms with Crippen molar-refractivity contribution in [1.29, 1.82) is 0 Å². The molecule has 0 radical (unpaired) electrons. The molecule has 4 rings (SSSR count). The largest absolute Gasteiger partial charge is 0.356 e. The zero-order valence-corrected chi connectivity index (χ0v) is 18.8. The maximum Gasteiger partial charge on any atom is 0.345 e. The molecule has 2 aliphatic heterocycles. The van der Waals surface area contributed by atoms with E-state index in [2.05, 4.69) is 20.7 Å². The van der Waals surface area contributed by atoms with Gasteiger partial charge in [0.05, 0.1) is 0 Å². The molecule has 2 N–H and O–H groups in total. The van der Waals surface area contributed by atoms with Crippen molar-refractivity contribution in [2.45, 2.75) is 83.3 Å². The number of aliphatic imine (C=N–C) groups is 1. The zero-order valence-electron chi connectivity index (χ0n) is 18.8. The quantitative estimate of drug-likeness (QED) is 0.400. The molecule has 0 aromatic carbocycles. The molecule has 1 aromatic rings. The SMILES string of the molecule is CN=C(NCCCn1nc2n(c1=O)CCCC2)NC1CCN(C(=O)C2CCCCC2)C1. The molecule has 0 bridgehead atoms. The zero-order chi connectivity index (χ0) is 21.6. The topological polar surface area (TPSA) is 96.6 Å². The Morgan fingerprint density at radius 1 is 1.13 bits per heavy atom. The van der Waals surface area contributed by atoms with Gasteiger partial charge in [-0.3, -0.25) is 14.4 Å². The number of rotatable bonds is 6. The van der Waals surface area contributed by atoms with Crippen LogP contribution in [0.3, 0.4) is 0 Å². The van der Waals surface area contributed by atoms with Crippen molar-refractivity contribution in [3.8, 4) is 0 Å². The molecule has 1 atom stereocenters. The number of carbonyl (C=O) groups excluding carboxylic acids is 1. The van der Waals surface area contributed by atoms with Crippen molar-refractivity contribution in [3.05, 3.63) is 16.3 Å². The summed E-state index contributed by atoms with van der Waals surface area (Å²) in [5.74, 6) is 2.27. The number of nitrogens with zero attached hydrogens (tertiary/aromatic N) is 5. The van der Waals surface area contributed by atoms with E-state index in [1.165, 1.54) is 19.3 Å². The Kier molecular flexibility index (Phi) is 7.29. The predicted molar refractivity (Wildman–Crippen MR) is 120 cm³/mol. The van der Waals surface area contributed by atoms with Gasteiger partial charge in [-0.1, -0.05) is 19.3 Å². The Labute approximate surface area is 184 Å². The van der Waals surface area contributed by atoms with Crippen LogP contribution in [-0.4, -0.2) is 63.8 Å². The Morgan fingerprint density at radius 3 is 2.74 bits per heavy atom. The third-order valence-corrected chi connectivity index (χ3v) is 6.89. The van der Waals surface area contributed by atoms with E-state index in [0.29, 0.717) is 19.0 Å². The summed E-state index contributed by atoms with van der Waals surface area (Å²) in [6.07, 6.45) is 10.6. The number of likely N-dealkylation sites (tertiary alicyclic amines) is 1. The van der Waals surface area contributed by atoms with Gasteiger partial charge in [0.25, 0.3) is 0 Å². The molecule has 3 heterocycles. The van der Waals surface area contributed by atoms with E-state index < -0.39 is 0 Å². The summed E-state index contributed by atoms with van der Waals surface area (Å²) in [7, 11) is 1.77. The van der Waals surface area contributed by atoms with E-state index in [4.69, 9.17) is 0 Å². The van der Waals surface area contributed by atoms with Crippen LogP contribution in [0.1, 0.15) is 63.6 Å². The van der Waals surface area contributed by atoms with Gasteiger partial charge in [0.1, 0.15) is 5.82 Å². The lowest BCUT2D eigenvalue weighted by Gasteiger charge is -2.26. The van der Waals surface area contributed by atoms with Gasteiger partial charge in [-0.15, -0.1) is 0 Å². The first-order valence-corrected chi connectivity index (χ1v) is 12.1.